The van der Waals surface area contributed by atoms with Crippen LogP contribution in [0, 0.1) is 0 Å². The fraction of sp³-hybridized carbons (Fsp3) is 0.318. The largest absolute Gasteiger partial charge is 0.421 e. The van der Waals surface area contributed by atoms with Gasteiger partial charge in [0.05, 0.1) is 26.0 Å². The maximum atomic E-state index is 13.8. The van der Waals surface area contributed by atoms with E-state index in [-0.39, 0.29) is 16.7 Å². The highest BCUT2D eigenvalue weighted by Crippen LogP contribution is 2.54. The van der Waals surface area contributed by atoms with E-state index in [1.165, 1.54) is 41.4 Å². The molecular weight excluding hydrogens is 413 g/mol. The van der Waals surface area contributed by atoms with Crippen molar-refractivity contribution in [3.63, 3.8) is 0 Å². The number of hydrogen-bond donors (Lipinski definition) is 4. The summed E-state index contributed by atoms with van der Waals surface area (Å²) in [7, 11) is 0. The number of hydrogen-bond acceptors (Lipinski definition) is 5. The van der Waals surface area contributed by atoms with Crippen molar-refractivity contribution < 1.29 is 33.6 Å². The Labute approximate surface area is 176 Å². The first-order chi connectivity index (χ1) is 14.7. The fourth-order valence-electron chi connectivity index (χ4n) is 3.68. The number of benzene rings is 1. The van der Waals surface area contributed by atoms with Gasteiger partial charge in [-0.15, -0.1) is 0 Å². The Morgan fingerprint density at radius 1 is 1.13 bits per heavy atom. The van der Waals surface area contributed by atoms with Crippen molar-refractivity contribution >= 4 is 5.57 Å². The lowest BCUT2D eigenvalue weighted by Crippen LogP contribution is -2.45. The summed E-state index contributed by atoms with van der Waals surface area (Å²) in [6.07, 6.45) is 3.36. The Morgan fingerprint density at radius 2 is 1.81 bits per heavy atom. The number of halogens is 3. The van der Waals surface area contributed by atoms with Crippen molar-refractivity contribution in [3.05, 3.63) is 72.6 Å². The number of fused-ring (bicyclic) bond motifs is 1. The average molecular weight is 436 g/mol. The molecule has 2 aromatic rings. The van der Waals surface area contributed by atoms with Crippen LogP contribution < -0.4 is 0 Å². The lowest BCUT2D eigenvalue weighted by molar-refractivity contribution is -0.262. The number of nitrogens with zero attached hydrogens (tertiary/aromatic N) is 2. The first kappa shape index (κ1) is 23.0. The van der Waals surface area contributed by atoms with Crippen LogP contribution in [0.1, 0.15) is 17.5 Å². The minimum atomic E-state index is -4.89. The van der Waals surface area contributed by atoms with Gasteiger partial charge >= 0.3 is 6.18 Å². The average Bonchev–Trinajstić information content (AvgIpc) is 3.35. The highest BCUT2D eigenvalue weighted by Gasteiger charge is 2.59. The van der Waals surface area contributed by atoms with Gasteiger partial charge in [0.15, 0.2) is 5.60 Å². The molecule has 0 saturated carbocycles. The third-order valence-electron chi connectivity index (χ3n) is 5.55. The van der Waals surface area contributed by atoms with Crippen molar-refractivity contribution in [2.45, 2.75) is 23.7 Å². The number of rotatable bonds is 7. The van der Waals surface area contributed by atoms with Crippen LogP contribution in [-0.2, 0) is 11.1 Å². The second-order valence-corrected chi connectivity index (χ2v) is 7.45. The molecule has 31 heavy (non-hydrogen) atoms. The molecule has 1 aliphatic rings. The monoisotopic (exact) mass is 436 g/mol. The Hall–Kier alpha value is -2.72. The normalized spacial score (nSPS) is 20.5. The zero-order chi connectivity index (χ0) is 22.9. The summed E-state index contributed by atoms with van der Waals surface area (Å²) >= 11 is 0. The highest BCUT2D eigenvalue weighted by molar-refractivity contribution is 5.87. The van der Waals surface area contributed by atoms with Crippen LogP contribution in [0.3, 0.4) is 0 Å². The summed E-state index contributed by atoms with van der Waals surface area (Å²) in [5.41, 5.74) is -3.44. The molecule has 1 aromatic heterocycles. The minimum Gasteiger partial charge on any atom is -0.394 e. The van der Waals surface area contributed by atoms with Gasteiger partial charge in [-0.25, -0.2) is 0 Å². The zero-order valence-corrected chi connectivity index (χ0v) is 16.5. The molecule has 1 heterocycles. The molecule has 1 atom stereocenters. The molecule has 0 bridgehead atoms. The summed E-state index contributed by atoms with van der Waals surface area (Å²) in [5.74, 6) is 0. The van der Waals surface area contributed by atoms with Crippen LogP contribution in [-0.4, -0.2) is 56.2 Å². The molecule has 3 rings (SSSR count). The summed E-state index contributed by atoms with van der Waals surface area (Å²) < 4.78 is 42.6. The Bertz CT molecular complexity index is 1010. The lowest BCUT2D eigenvalue weighted by atomic mass is 9.92. The van der Waals surface area contributed by atoms with Gasteiger partial charge in [-0.1, -0.05) is 49.1 Å². The summed E-state index contributed by atoms with van der Waals surface area (Å²) in [4.78, 5) is 0. The molecule has 0 fully saturated rings. The first-order valence-corrected chi connectivity index (χ1v) is 9.47. The molecule has 4 N–H and O–H groups in total. The van der Waals surface area contributed by atoms with Gasteiger partial charge in [-0.05, 0) is 16.7 Å². The van der Waals surface area contributed by atoms with E-state index in [0.29, 0.717) is 11.1 Å². The molecule has 0 spiro atoms. The molecule has 0 radical (unpaired) electrons. The van der Waals surface area contributed by atoms with Crippen molar-refractivity contribution in [2.75, 3.05) is 19.8 Å². The topological polar surface area (TPSA) is 98.7 Å². The smallest absolute Gasteiger partial charge is 0.394 e. The second kappa shape index (κ2) is 8.43. The van der Waals surface area contributed by atoms with E-state index in [1.807, 2.05) is 0 Å². The lowest BCUT2D eigenvalue weighted by Gasteiger charge is -2.27. The maximum Gasteiger partial charge on any atom is 0.421 e. The van der Waals surface area contributed by atoms with Crippen molar-refractivity contribution in [1.82, 2.24) is 9.78 Å². The van der Waals surface area contributed by atoms with E-state index >= 15 is 0 Å². The molecule has 6 nitrogen and oxygen atoms in total. The van der Waals surface area contributed by atoms with Crippen molar-refractivity contribution in [2.24, 2.45) is 0 Å². The van der Waals surface area contributed by atoms with Gasteiger partial charge in [-0.2, -0.15) is 18.3 Å². The predicted molar refractivity (Wildman–Crippen MR) is 109 cm³/mol. The molecule has 1 aliphatic carbocycles. The highest BCUT2D eigenvalue weighted by atomic mass is 19.4. The molecule has 0 saturated heterocycles. The van der Waals surface area contributed by atoms with Crippen LogP contribution in [0.25, 0.3) is 16.7 Å². The van der Waals surface area contributed by atoms with E-state index in [0.717, 1.165) is 0 Å². The first-order valence-electron chi connectivity index (χ1n) is 9.47. The quantitative estimate of drug-likeness (QED) is 0.500. The number of aromatic nitrogens is 2. The van der Waals surface area contributed by atoms with Gasteiger partial charge in [0.2, 0.25) is 0 Å². The SMILES string of the molecule is C=C/C=C\C=C1/CC(O)(C(F)(F)F)c2cccc(-c3cnn(C(CO)(CO)CO)c3)c21. The standard InChI is InChI=1S/C22H23F3N2O4/c1-2-3-4-6-15-9-21(31,22(23,24)25)18-8-5-7-17(19(15)18)16-10-26-27(11-16)20(12-28,13-29)14-30/h2-8,10-11,28-31H,1,9,12-14H2/b4-3-,15-6+. The van der Waals surface area contributed by atoms with Crippen LogP contribution in [0.5, 0.6) is 0 Å². The molecule has 1 aromatic carbocycles. The number of allylic oxidation sites excluding steroid dienone is 4. The predicted octanol–water partition coefficient (Wildman–Crippen LogP) is 2.50. The van der Waals surface area contributed by atoms with E-state index < -0.39 is 43.6 Å². The van der Waals surface area contributed by atoms with E-state index in [1.54, 1.807) is 18.2 Å². The van der Waals surface area contributed by atoms with Crippen molar-refractivity contribution in [3.8, 4) is 11.1 Å². The van der Waals surface area contributed by atoms with Crippen molar-refractivity contribution in [1.29, 1.82) is 0 Å². The van der Waals surface area contributed by atoms with Crippen LogP contribution >= 0.6 is 0 Å². The fourth-order valence-corrected chi connectivity index (χ4v) is 3.68. The third kappa shape index (κ3) is 3.74. The Kier molecular flexibility index (Phi) is 6.24. The van der Waals surface area contributed by atoms with Crippen LogP contribution in [0.4, 0.5) is 13.2 Å². The van der Waals surface area contributed by atoms with Crippen LogP contribution in [0.15, 0.2) is 61.5 Å². The maximum absolute atomic E-state index is 13.8. The Morgan fingerprint density at radius 3 is 2.39 bits per heavy atom. The molecule has 9 heteroatoms. The Balaban J connectivity index is 2.21. The zero-order valence-electron chi connectivity index (χ0n) is 16.5. The van der Waals surface area contributed by atoms with Gasteiger partial charge < -0.3 is 20.4 Å². The molecule has 0 aliphatic heterocycles. The molecule has 1 unspecified atom stereocenters. The summed E-state index contributed by atoms with van der Waals surface area (Å²) in [5, 5.41) is 43.6. The second-order valence-electron chi connectivity index (χ2n) is 7.45. The third-order valence-corrected chi connectivity index (χ3v) is 5.55. The van der Waals surface area contributed by atoms with Gasteiger partial charge in [-0.3, -0.25) is 4.68 Å². The molecular formula is C22H23F3N2O4. The van der Waals surface area contributed by atoms with E-state index in [2.05, 4.69) is 11.7 Å². The molecule has 166 valence electrons. The van der Waals surface area contributed by atoms with E-state index in [4.69, 9.17) is 0 Å². The van der Waals surface area contributed by atoms with Gasteiger partial charge in [0.25, 0.3) is 0 Å². The van der Waals surface area contributed by atoms with Gasteiger partial charge in [0, 0.05) is 23.7 Å². The summed E-state index contributed by atoms with van der Waals surface area (Å²) in [6, 6.07) is 4.27. The molecule has 0 amide bonds. The minimum absolute atomic E-state index is 0.234. The number of aliphatic hydroxyl groups is 4. The number of aliphatic hydroxyl groups excluding tert-OH is 3. The summed E-state index contributed by atoms with van der Waals surface area (Å²) in [6.45, 7) is 1.74. The van der Waals surface area contributed by atoms with Crippen LogP contribution in [0.2, 0.25) is 0 Å². The number of alkyl halides is 3. The van der Waals surface area contributed by atoms with Gasteiger partial charge in [0.1, 0.15) is 5.54 Å². The van der Waals surface area contributed by atoms with E-state index in [9.17, 15) is 33.6 Å².